The molecule has 1 amide bonds. The van der Waals surface area contributed by atoms with E-state index in [9.17, 15) is 13.2 Å². The van der Waals surface area contributed by atoms with Crippen LogP contribution in [0.15, 0.2) is 41.5 Å². The second-order valence-electron chi connectivity index (χ2n) is 9.37. The van der Waals surface area contributed by atoms with Crippen LogP contribution in [0.2, 0.25) is 0 Å². The number of nitrogens with zero attached hydrogens (tertiary/aromatic N) is 4. The largest absolute Gasteiger partial charge is 0.493 e. The molecule has 2 heterocycles. The number of ether oxygens (including phenoxy) is 2. The molecule has 0 spiro atoms. The highest BCUT2D eigenvalue weighted by Crippen LogP contribution is 2.35. The molecular weight excluding hydrogens is 492 g/mol. The monoisotopic (exact) mass is 528 g/mol. The molecule has 0 saturated carbocycles. The van der Waals surface area contributed by atoms with E-state index < -0.39 is 10.0 Å². The summed E-state index contributed by atoms with van der Waals surface area (Å²) in [5, 5.41) is 6.58. The summed E-state index contributed by atoms with van der Waals surface area (Å²) in [7, 11) is 0.0514. The highest BCUT2D eigenvalue weighted by molar-refractivity contribution is 7.88. The molecule has 2 aliphatic heterocycles. The van der Waals surface area contributed by atoms with E-state index in [4.69, 9.17) is 14.6 Å². The SMILES string of the molecule is CCC(=O)N1N=C(c2ccc(N3CCN(S(C)(=O)=O)CC3)cc2)c2cc(OC)c(OC)cc2C[C@H]1CC. The average Bonchev–Trinajstić information content (AvgIpc) is 3.07. The number of methoxy groups -OCH3 is 2. The molecule has 200 valence electrons. The maximum atomic E-state index is 12.9. The quantitative estimate of drug-likeness (QED) is 0.549. The average molecular weight is 529 g/mol. The van der Waals surface area contributed by atoms with Crippen LogP contribution in [0.25, 0.3) is 0 Å². The maximum Gasteiger partial charge on any atom is 0.242 e. The van der Waals surface area contributed by atoms with Gasteiger partial charge >= 0.3 is 0 Å². The minimum atomic E-state index is -3.18. The molecule has 37 heavy (non-hydrogen) atoms. The Morgan fingerprint density at radius 2 is 1.62 bits per heavy atom. The van der Waals surface area contributed by atoms with E-state index in [-0.39, 0.29) is 11.9 Å². The summed E-state index contributed by atoms with van der Waals surface area (Å²) in [5.74, 6) is 1.24. The van der Waals surface area contributed by atoms with Crippen molar-refractivity contribution in [1.29, 1.82) is 0 Å². The summed E-state index contributed by atoms with van der Waals surface area (Å²) in [5.41, 5.74) is 4.58. The Kier molecular flexibility index (Phi) is 8.08. The van der Waals surface area contributed by atoms with Gasteiger partial charge in [0.1, 0.15) is 0 Å². The van der Waals surface area contributed by atoms with Crippen LogP contribution in [-0.2, 0) is 21.2 Å². The van der Waals surface area contributed by atoms with Crippen molar-refractivity contribution in [2.45, 2.75) is 39.2 Å². The fourth-order valence-corrected chi connectivity index (χ4v) is 5.78. The number of fused-ring (bicyclic) bond motifs is 1. The fourth-order valence-electron chi connectivity index (χ4n) is 4.95. The molecule has 0 bridgehead atoms. The molecule has 4 rings (SSSR count). The van der Waals surface area contributed by atoms with E-state index in [0.717, 1.165) is 28.8 Å². The van der Waals surface area contributed by atoms with Crippen molar-refractivity contribution in [1.82, 2.24) is 9.31 Å². The second kappa shape index (κ2) is 11.1. The third-order valence-electron chi connectivity index (χ3n) is 7.12. The Labute approximate surface area is 219 Å². The number of amides is 1. The molecule has 0 aliphatic carbocycles. The number of hydrogen-bond acceptors (Lipinski definition) is 7. The first-order valence-corrected chi connectivity index (χ1v) is 14.5. The number of carbonyl (C=O) groups is 1. The van der Waals surface area contributed by atoms with Gasteiger partial charge in [0.05, 0.1) is 32.2 Å². The van der Waals surface area contributed by atoms with Crippen molar-refractivity contribution >= 4 is 27.3 Å². The number of sulfonamides is 1. The number of hydrazone groups is 1. The zero-order valence-electron chi connectivity index (χ0n) is 22.2. The molecule has 1 fully saturated rings. The van der Waals surface area contributed by atoms with Gasteiger partial charge in [0.15, 0.2) is 11.5 Å². The van der Waals surface area contributed by atoms with E-state index in [2.05, 4.69) is 11.8 Å². The smallest absolute Gasteiger partial charge is 0.242 e. The van der Waals surface area contributed by atoms with E-state index in [1.807, 2.05) is 43.3 Å². The van der Waals surface area contributed by atoms with Gasteiger partial charge in [-0.25, -0.2) is 13.4 Å². The standard InChI is InChI=1S/C27H36N4O5S/c1-6-21-16-20-17-24(35-3)25(36-4)18-23(20)27(28-31(21)26(32)7-2)19-8-10-22(11-9-19)29-12-14-30(15-13-29)37(5,33)34/h8-11,17-18,21H,6-7,12-16H2,1-5H3/t21-/m1/s1. The molecule has 0 unspecified atom stereocenters. The number of anilines is 1. The van der Waals surface area contributed by atoms with Crippen LogP contribution < -0.4 is 14.4 Å². The van der Waals surface area contributed by atoms with Gasteiger partial charge in [0.25, 0.3) is 0 Å². The molecular formula is C27H36N4O5S. The predicted octanol–water partition coefficient (Wildman–Crippen LogP) is 3.11. The molecule has 9 nitrogen and oxygen atoms in total. The minimum absolute atomic E-state index is 0.0172. The molecule has 2 aliphatic rings. The Balaban J connectivity index is 1.73. The Bertz CT molecular complexity index is 1270. The van der Waals surface area contributed by atoms with Crippen molar-refractivity contribution in [3.8, 4) is 11.5 Å². The Morgan fingerprint density at radius 1 is 1.00 bits per heavy atom. The first-order valence-electron chi connectivity index (χ1n) is 12.7. The van der Waals surface area contributed by atoms with E-state index in [1.165, 1.54) is 10.6 Å². The summed E-state index contributed by atoms with van der Waals surface area (Å²) >= 11 is 0. The van der Waals surface area contributed by atoms with E-state index in [0.29, 0.717) is 56.2 Å². The van der Waals surface area contributed by atoms with Crippen molar-refractivity contribution < 1.29 is 22.7 Å². The maximum absolute atomic E-state index is 12.9. The molecule has 0 aromatic heterocycles. The summed E-state index contributed by atoms with van der Waals surface area (Å²) < 4.78 is 36.4. The summed E-state index contributed by atoms with van der Waals surface area (Å²) in [6.45, 7) is 6.12. The highest BCUT2D eigenvalue weighted by atomic mass is 32.2. The van der Waals surface area contributed by atoms with Crippen LogP contribution in [0.3, 0.4) is 0 Å². The minimum Gasteiger partial charge on any atom is -0.493 e. The lowest BCUT2D eigenvalue weighted by atomic mass is 9.93. The van der Waals surface area contributed by atoms with Gasteiger partial charge in [-0.3, -0.25) is 4.79 Å². The lowest BCUT2D eigenvalue weighted by Gasteiger charge is -2.34. The summed E-state index contributed by atoms with van der Waals surface area (Å²) in [6.07, 6.45) is 3.06. The van der Waals surface area contributed by atoms with Crippen molar-refractivity contribution in [2.24, 2.45) is 5.10 Å². The van der Waals surface area contributed by atoms with Gasteiger partial charge in [-0.2, -0.15) is 9.41 Å². The number of carbonyl (C=O) groups excluding carboxylic acids is 1. The summed E-state index contributed by atoms with van der Waals surface area (Å²) in [4.78, 5) is 15.1. The van der Waals surface area contributed by atoms with Crippen LogP contribution in [-0.4, -0.2) is 82.0 Å². The first-order chi connectivity index (χ1) is 17.7. The van der Waals surface area contributed by atoms with E-state index in [1.54, 1.807) is 19.2 Å². The van der Waals surface area contributed by atoms with E-state index >= 15 is 0 Å². The first kappa shape index (κ1) is 26.9. The molecule has 0 N–H and O–H groups in total. The van der Waals surface area contributed by atoms with Crippen LogP contribution in [0, 0.1) is 0 Å². The zero-order valence-corrected chi connectivity index (χ0v) is 23.0. The molecule has 2 aromatic rings. The summed E-state index contributed by atoms with van der Waals surface area (Å²) in [6, 6.07) is 12.0. The van der Waals surface area contributed by atoms with Crippen LogP contribution >= 0.6 is 0 Å². The number of rotatable bonds is 7. The number of benzene rings is 2. The normalized spacial score (nSPS) is 18.6. The lowest BCUT2D eigenvalue weighted by molar-refractivity contribution is -0.133. The molecule has 1 saturated heterocycles. The topological polar surface area (TPSA) is 91.8 Å². The Morgan fingerprint density at radius 3 is 2.16 bits per heavy atom. The highest BCUT2D eigenvalue weighted by Gasteiger charge is 2.30. The predicted molar refractivity (Wildman–Crippen MR) is 145 cm³/mol. The van der Waals surface area contributed by atoms with Gasteiger partial charge in [-0.05, 0) is 42.7 Å². The van der Waals surface area contributed by atoms with Crippen molar-refractivity contribution in [3.63, 3.8) is 0 Å². The van der Waals surface area contributed by atoms with Gasteiger partial charge in [0, 0.05) is 49.4 Å². The number of piperazine rings is 1. The van der Waals surface area contributed by atoms with Crippen molar-refractivity contribution in [2.75, 3.05) is 51.6 Å². The van der Waals surface area contributed by atoms with Gasteiger partial charge in [-0.1, -0.05) is 26.0 Å². The second-order valence-corrected chi connectivity index (χ2v) is 11.3. The van der Waals surface area contributed by atoms with Gasteiger partial charge in [0.2, 0.25) is 15.9 Å². The van der Waals surface area contributed by atoms with Crippen LogP contribution in [0.5, 0.6) is 11.5 Å². The lowest BCUT2D eigenvalue weighted by Crippen LogP contribution is -2.48. The third-order valence-corrected chi connectivity index (χ3v) is 8.42. The fraction of sp³-hybridized carbons (Fsp3) is 0.481. The van der Waals surface area contributed by atoms with Crippen molar-refractivity contribution in [3.05, 3.63) is 53.1 Å². The molecule has 10 heteroatoms. The van der Waals surface area contributed by atoms with Gasteiger partial charge < -0.3 is 14.4 Å². The molecule has 0 radical (unpaired) electrons. The number of hydrogen-bond donors (Lipinski definition) is 0. The third kappa shape index (κ3) is 5.60. The van der Waals surface area contributed by atoms with Crippen LogP contribution in [0.1, 0.15) is 43.4 Å². The van der Waals surface area contributed by atoms with Crippen LogP contribution in [0.4, 0.5) is 5.69 Å². The van der Waals surface area contributed by atoms with Gasteiger partial charge in [-0.15, -0.1) is 0 Å². The molecule has 1 atom stereocenters. The molecule has 2 aromatic carbocycles. The zero-order chi connectivity index (χ0) is 26.7. The Hall–Kier alpha value is -3.11.